The van der Waals surface area contributed by atoms with Gasteiger partial charge in [-0.25, -0.2) is 4.79 Å². The van der Waals surface area contributed by atoms with E-state index in [0.717, 1.165) is 11.1 Å². The van der Waals surface area contributed by atoms with Crippen molar-refractivity contribution in [1.82, 2.24) is 0 Å². The molecule has 0 aliphatic rings. The van der Waals surface area contributed by atoms with Crippen LogP contribution in [0.3, 0.4) is 0 Å². The number of ether oxygens (including phenoxy) is 2. The SMILES string of the molecule is COC(=O)c1ccc(NC(=O)CCCC(=O)OCC(=O)Nc2c(C)cccc2C)cc1. The Bertz CT molecular complexity index is 933. The van der Waals surface area contributed by atoms with E-state index in [1.54, 1.807) is 24.3 Å². The van der Waals surface area contributed by atoms with Crippen LogP contribution in [0.2, 0.25) is 0 Å². The van der Waals surface area contributed by atoms with Gasteiger partial charge in [-0.2, -0.15) is 0 Å². The average molecular weight is 426 g/mol. The summed E-state index contributed by atoms with van der Waals surface area (Å²) in [6, 6.07) is 11.9. The second-order valence-corrected chi connectivity index (χ2v) is 6.95. The van der Waals surface area contributed by atoms with Crippen molar-refractivity contribution >= 4 is 35.1 Å². The van der Waals surface area contributed by atoms with Crippen molar-refractivity contribution in [3.8, 4) is 0 Å². The van der Waals surface area contributed by atoms with Crippen molar-refractivity contribution < 1.29 is 28.7 Å². The second kappa shape index (κ2) is 11.5. The first-order chi connectivity index (χ1) is 14.8. The Balaban J connectivity index is 1.67. The van der Waals surface area contributed by atoms with E-state index in [-0.39, 0.29) is 31.8 Å². The number of carbonyl (C=O) groups excluding carboxylic acids is 4. The number of amides is 2. The highest BCUT2D eigenvalue weighted by Crippen LogP contribution is 2.19. The van der Waals surface area contributed by atoms with E-state index in [0.29, 0.717) is 16.9 Å². The molecular weight excluding hydrogens is 400 g/mol. The van der Waals surface area contributed by atoms with Crippen LogP contribution in [-0.4, -0.2) is 37.5 Å². The Hall–Kier alpha value is -3.68. The van der Waals surface area contributed by atoms with E-state index in [1.807, 2.05) is 32.0 Å². The van der Waals surface area contributed by atoms with E-state index in [2.05, 4.69) is 15.4 Å². The van der Waals surface area contributed by atoms with Crippen LogP contribution in [0.5, 0.6) is 0 Å². The molecule has 0 saturated heterocycles. The molecule has 164 valence electrons. The normalized spacial score (nSPS) is 10.2. The van der Waals surface area contributed by atoms with E-state index in [1.165, 1.54) is 7.11 Å². The van der Waals surface area contributed by atoms with Gasteiger partial charge in [0, 0.05) is 24.2 Å². The third kappa shape index (κ3) is 7.58. The third-order valence-electron chi connectivity index (χ3n) is 4.48. The number of nitrogens with one attached hydrogen (secondary N) is 2. The van der Waals surface area contributed by atoms with Crippen LogP contribution in [0.4, 0.5) is 11.4 Å². The summed E-state index contributed by atoms with van der Waals surface area (Å²) in [5.74, 6) is -1.70. The van der Waals surface area contributed by atoms with Crippen LogP contribution < -0.4 is 10.6 Å². The van der Waals surface area contributed by atoms with Crippen LogP contribution in [0.15, 0.2) is 42.5 Å². The van der Waals surface area contributed by atoms with Crippen molar-refractivity contribution in [3.63, 3.8) is 0 Å². The fraction of sp³-hybridized carbons (Fsp3) is 0.304. The highest BCUT2D eigenvalue weighted by atomic mass is 16.5. The highest BCUT2D eigenvalue weighted by Gasteiger charge is 2.12. The quantitative estimate of drug-likeness (QED) is 0.595. The molecule has 0 saturated carbocycles. The monoisotopic (exact) mass is 426 g/mol. The van der Waals surface area contributed by atoms with Crippen LogP contribution in [0.25, 0.3) is 0 Å². The van der Waals surface area contributed by atoms with Crippen molar-refractivity contribution in [1.29, 1.82) is 0 Å². The van der Waals surface area contributed by atoms with Gasteiger partial charge in [-0.3, -0.25) is 14.4 Å². The van der Waals surface area contributed by atoms with Crippen LogP contribution in [-0.2, 0) is 23.9 Å². The molecule has 0 aliphatic heterocycles. The predicted molar refractivity (Wildman–Crippen MR) is 116 cm³/mol. The van der Waals surface area contributed by atoms with E-state index in [9.17, 15) is 19.2 Å². The number of benzene rings is 2. The second-order valence-electron chi connectivity index (χ2n) is 6.95. The lowest BCUT2D eigenvalue weighted by molar-refractivity contribution is -0.147. The smallest absolute Gasteiger partial charge is 0.337 e. The molecule has 8 nitrogen and oxygen atoms in total. The lowest BCUT2D eigenvalue weighted by Gasteiger charge is -2.11. The summed E-state index contributed by atoms with van der Waals surface area (Å²) >= 11 is 0. The number of methoxy groups -OCH3 is 1. The molecule has 2 amide bonds. The molecule has 31 heavy (non-hydrogen) atoms. The van der Waals surface area contributed by atoms with Gasteiger partial charge in [-0.05, 0) is 55.7 Å². The molecule has 0 aliphatic carbocycles. The minimum absolute atomic E-state index is 0.0192. The summed E-state index contributed by atoms with van der Waals surface area (Å²) in [6.07, 6.45) is 0.414. The zero-order chi connectivity index (χ0) is 22.8. The number of anilines is 2. The van der Waals surface area contributed by atoms with Gasteiger partial charge in [0.2, 0.25) is 5.91 Å². The van der Waals surface area contributed by atoms with Gasteiger partial charge >= 0.3 is 11.9 Å². The molecule has 0 radical (unpaired) electrons. The Morgan fingerprint density at radius 1 is 0.839 bits per heavy atom. The highest BCUT2D eigenvalue weighted by molar-refractivity contribution is 5.94. The molecule has 0 fully saturated rings. The minimum Gasteiger partial charge on any atom is -0.465 e. The molecule has 0 heterocycles. The van der Waals surface area contributed by atoms with Crippen LogP contribution >= 0.6 is 0 Å². The first-order valence-corrected chi connectivity index (χ1v) is 9.80. The number of hydrogen-bond donors (Lipinski definition) is 2. The standard InChI is InChI=1S/C23H26N2O6/c1-15-6-4-7-16(2)22(15)25-20(27)14-31-21(28)9-5-8-19(26)24-18-12-10-17(11-13-18)23(29)30-3/h4,6-7,10-13H,5,8-9,14H2,1-3H3,(H,24,26)(H,25,27). The number of rotatable bonds is 9. The van der Waals surface area contributed by atoms with E-state index in [4.69, 9.17) is 4.74 Å². The van der Waals surface area contributed by atoms with Crippen molar-refractivity contribution in [2.75, 3.05) is 24.4 Å². The molecular formula is C23H26N2O6. The van der Waals surface area contributed by atoms with Gasteiger partial charge in [0.05, 0.1) is 12.7 Å². The molecule has 0 aromatic heterocycles. The largest absolute Gasteiger partial charge is 0.465 e. The number of carbonyl (C=O) groups is 4. The maximum absolute atomic E-state index is 12.0. The Kier molecular flexibility index (Phi) is 8.75. The van der Waals surface area contributed by atoms with Crippen LogP contribution in [0.1, 0.15) is 40.7 Å². The number of para-hydroxylation sites is 1. The van der Waals surface area contributed by atoms with Crippen molar-refractivity contribution in [2.45, 2.75) is 33.1 Å². The lowest BCUT2D eigenvalue weighted by Crippen LogP contribution is -2.22. The predicted octanol–water partition coefficient (Wildman–Crippen LogP) is 3.38. The molecule has 0 atom stereocenters. The van der Waals surface area contributed by atoms with E-state index >= 15 is 0 Å². The van der Waals surface area contributed by atoms with Gasteiger partial charge in [0.25, 0.3) is 5.91 Å². The molecule has 0 unspecified atom stereocenters. The van der Waals surface area contributed by atoms with Gasteiger partial charge in [0.15, 0.2) is 6.61 Å². The summed E-state index contributed by atoms with van der Waals surface area (Å²) in [5, 5.41) is 5.42. The zero-order valence-corrected chi connectivity index (χ0v) is 17.8. The number of hydrogen-bond acceptors (Lipinski definition) is 6. The first kappa shape index (κ1) is 23.6. The maximum atomic E-state index is 12.0. The number of aryl methyl sites for hydroxylation is 2. The summed E-state index contributed by atoms with van der Waals surface area (Å²) in [4.78, 5) is 47.2. The average Bonchev–Trinajstić information content (AvgIpc) is 2.75. The summed E-state index contributed by atoms with van der Waals surface area (Å²) in [6.45, 7) is 3.38. The summed E-state index contributed by atoms with van der Waals surface area (Å²) in [5.41, 5.74) is 3.46. The van der Waals surface area contributed by atoms with E-state index < -0.39 is 17.8 Å². The van der Waals surface area contributed by atoms with Crippen LogP contribution in [0, 0.1) is 13.8 Å². The van der Waals surface area contributed by atoms with Gasteiger partial charge in [-0.15, -0.1) is 0 Å². The molecule has 0 spiro atoms. The Morgan fingerprint density at radius 2 is 1.48 bits per heavy atom. The Morgan fingerprint density at radius 3 is 2.10 bits per heavy atom. The molecule has 2 aromatic carbocycles. The zero-order valence-electron chi connectivity index (χ0n) is 17.8. The fourth-order valence-electron chi connectivity index (χ4n) is 2.83. The Labute approximate surface area is 180 Å². The van der Waals surface area contributed by atoms with Gasteiger partial charge < -0.3 is 20.1 Å². The minimum atomic E-state index is -0.549. The molecule has 2 N–H and O–H groups in total. The van der Waals surface area contributed by atoms with Crippen molar-refractivity contribution in [3.05, 3.63) is 59.2 Å². The first-order valence-electron chi connectivity index (χ1n) is 9.80. The topological polar surface area (TPSA) is 111 Å². The molecule has 2 rings (SSSR count). The third-order valence-corrected chi connectivity index (χ3v) is 4.48. The molecule has 2 aromatic rings. The fourth-order valence-corrected chi connectivity index (χ4v) is 2.83. The van der Waals surface area contributed by atoms with Crippen molar-refractivity contribution in [2.24, 2.45) is 0 Å². The molecule has 0 bridgehead atoms. The lowest BCUT2D eigenvalue weighted by atomic mass is 10.1. The summed E-state index contributed by atoms with van der Waals surface area (Å²) < 4.78 is 9.59. The summed E-state index contributed by atoms with van der Waals surface area (Å²) in [7, 11) is 1.29. The van der Waals surface area contributed by atoms with Gasteiger partial charge in [-0.1, -0.05) is 18.2 Å². The number of esters is 2. The molecule has 8 heteroatoms. The van der Waals surface area contributed by atoms with Gasteiger partial charge in [0.1, 0.15) is 0 Å². The maximum Gasteiger partial charge on any atom is 0.337 e.